The van der Waals surface area contributed by atoms with E-state index in [9.17, 15) is 27.9 Å². The Balaban J connectivity index is 0.000000335. The maximum Gasteiger partial charge on any atom is 0.416 e. The topological polar surface area (TPSA) is 98.2 Å². The number of hydrogen-bond donors (Lipinski definition) is 2. The van der Waals surface area contributed by atoms with E-state index >= 15 is 0 Å². The molecule has 2 aromatic rings. The van der Waals surface area contributed by atoms with Gasteiger partial charge in [-0.3, -0.25) is 9.59 Å². The summed E-state index contributed by atoms with van der Waals surface area (Å²) in [5, 5.41) is 13.6. The number of nitrogens with zero attached hydrogens (tertiary/aromatic N) is 2. The minimum absolute atomic E-state index is 0.0768. The zero-order chi connectivity index (χ0) is 22.7. The normalized spacial score (nSPS) is 16.3. The average molecular weight is 427 g/mol. The van der Waals surface area contributed by atoms with Crippen molar-refractivity contribution in [2.45, 2.75) is 77.1 Å². The first-order valence-corrected chi connectivity index (χ1v) is 9.94. The van der Waals surface area contributed by atoms with Crippen LogP contribution < -0.4 is 11.3 Å². The van der Waals surface area contributed by atoms with Gasteiger partial charge in [-0.05, 0) is 43.9 Å². The molecule has 1 aliphatic rings. The van der Waals surface area contributed by atoms with Crippen molar-refractivity contribution < 1.29 is 23.1 Å². The van der Waals surface area contributed by atoms with Gasteiger partial charge in [-0.15, -0.1) is 0 Å². The van der Waals surface area contributed by atoms with Gasteiger partial charge in [0.05, 0.1) is 22.2 Å². The number of nitrogens with two attached hydrogens (primary N) is 1. The van der Waals surface area contributed by atoms with Crippen LogP contribution in [0.15, 0.2) is 23.0 Å². The first-order chi connectivity index (χ1) is 13.8. The lowest BCUT2D eigenvalue weighted by Crippen LogP contribution is -2.31. The molecule has 1 aliphatic carbocycles. The number of rotatable bonds is 3. The van der Waals surface area contributed by atoms with E-state index in [0.29, 0.717) is 5.69 Å². The molecule has 0 aliphatic heterocycles. The van der Waals surface area contributed by atoms with Crippen molar-refractivity contribution in [1.82, 2.24) is 9.78 Å². The molecule has 1 aromatic carbocycles. The number of alkyl halides is 3. The van der Waals surface area contributed by atoms with Crippen LogP contribution in [-0.2, 0) is 17.5 Å². The van der Waals surface area contributed by atoms with Gasteiger partial charge in [-0.25, -0.2) is 4.68 Å². The number of halogens is 3. The first kappa shape index (κ1) is 23.9. The highest BCUT2D eigenvalue weighted by Gasteiger charge is 2.31. The second kappa shape index (κ2) is 9.16. The maximum absolute atomic E-state index is 12.8. The third-order valence-corrected chi connectivity index (χ3v) is 5.10. The Morgan fingerprint density at radius 3 is 2.27 bits per heavy atom. The van der Waals surface area contributed by atoms with Crippen molar-refractivity contribution in [3.63, 3.8) is 0 Å². The largest absolute Gasteiger partial charge is 0.416 e. The van der Waals surface area contributed by atoms with Crippen molar-refractivity contribution in [3.8, 4) is 0 Å². The summed E-state index contributed by atoms with van der Waals surface area (Å²) >= 11 is 0. The van der Waals surface area contributed by atoms with E-state index in [2.05, 4.69) is 5.10 Å². The smallest absolute Gasteiger partial charge is 0.390 e. The molecule has 1 fully saturated rings. The summed E-state index contributed by atoms with van der Waals surface area (Å²) in [6.07, 6.45) is 1.25. The quantitative estimate of drug-likeness (QED) is 0.780. The lowest BCUT2D eigenvalue weighted by Gasteiger charge is -2.27. The lowest BCUT2D eigenvalue weighted by atomic mass is 9.87. The fraction of sp³-hybridized carbons (Fsp3) is 0.571. The molecule has 0 spiro atoms. The molecule has 3 rings (SSSR count). The summed E-state index contributed by atoms with van der Waals surface area (Å²) < 4.78 is 39.4. The maximum atomic E-state index is 12.8. The molecule has 0 unspecified atom stereocenters. The number of carbonyl (C=O) groups is 1. The molecule has 3 N–H and O–H groups in total. The number of amides is 1. The Morgan fingerprint density at radius 1 is 1.23 bits per heavy atom. The summed E-state index contributed by atoms with van der Waals surface area (Å²) in [6.45, 7) is 4.99. The summed E-state index contributed by atoms with van der Waals surface area (Å²) in [4.78, 5) is 23.2. The molecule has 6 nitrogen and oxygen atoms in total. The molecule has 9 heteroatoms. The van der Waals surface area contributed by atoms with Crippen LogP contribution in [0.3, 0.4) is 0 Å². The van der Waals surface area contributed by atoms with Crippen LogP contribution in [0.5, 0.6) is 0 Å². The van der Waals surface area contributed by atoms with Crippen LogP contribution in [0.25, 0.3) is 10.8 Å². The fourth-order valence-electron chi connectivity index (χ4n) is 3.48. The van der Waals surface area contributed by atoms with Gasteiger partial charge < -0.3 is 10.8 Å². The number of aliphatic hydroxyl groups is 1. The third kappa shape index (κ3) is 6.04. The minimum atomic E-state index is -4.51. The number of carbonyl (C=O) groups excluding carboxylic acids is 1. The van der Waals surface area contributed by atoms with Crippen LogP contribution in [0, 0.1) is 0 Å². The van der Waals surface area contributed by atoms with Crippen LogP contribution >= 0.6 is 0 Å². The van der Waals surface area contributed by atoms with Crippen molar-refractivity contribution in [1.29, 1.82) is 0 Å². The van der Waals surface area contributed by atoms with E-state index in [1.54, 1.807) is 13.8 Å². The third-order valence-electron chi connectivity index (χ3n) is 5.10. The Kier molecular flexibility index (Phi) is 7.28. The lowest BCUT2D eigenvalue weighted by molar-refractivity contribution is -0.137. The molecule has 0 atom stereocenters. The van der Waals surface area contributed by atoms with Gasteiger partial charge in [0.2, 0.25) is 5.91 Å². The standard InChI is InChI=1S/C14H14F3N3O2.C7H14O/c1-7(2)12-10-5-8(14(15,16)17)3-4-9(10)13(22)20(19-12)6-11(18)21;1-7(8)5-3-2-4-6-7/h3-5,7H,6H2,1-2H3,(H2,18,21);8H,2-6H2,1H3. The molecule has 30 heavy (non-hydrogen) atoms. The number of aromatic nitrogens is 2. The van der Waals surface area contributed by atoms with Gasteiger partial charge in [0.1, 0.15) is 6.54 Å². The fourth-order valence-corrected chi connectivity index (χ4v) is 3.48. The Hall–Kier alpha value is -2.42. The second-order valence-corrected chi connectivity index (χ2v) is 8.28. The highest BCUT2D eigenvalue weighted by Crippen LogP contribution is 2.32. The summed E-state index contributed by atoms with van der Waals surface area (Å²) in [5.41, 5.74) is 3.55. The second-order valence-electron chi connectivity index (χ2n) is 8.28. The van der Waals surface area contributed by atoms with Gasteiger partial charge in [0.25, 0.3) is 5.56 Å². The van der Waals surface area contributed by atoms with E-state index in [4.69, 9.17) is 5.73 Å². The van der Waals surface area contributed by atoms with Crippen molar-refractivity contribution in [2.24, 2.45) is 5.73 Å². The van der Waals surface area contributed by atoms with Crippen molar-refractivity contribution in [3.05, 3.63) is 39.8 Å². The van der Waals surface area contributed by atoms with Crippen LogP contribution in [0.2, 0.25) is 0 Å². The molecule has 1 heterocycles. The Morgan fingerprint density at radius 2 is 1.83 bits per heavy atom. The van der Waals surface area contributed by atoms with Crippen molar-refractivity contribution >= 4 is 16.7 Å². The first-order valence-electron chi connectivity index (χ1n) is 9.94. The van der Waals surface area contributed by atoms with Crippen LogP contribution in [0.1, 0.15) is 70.1 Å². The SMILES string of the molecule is CC(C)c1nn(CC(N)=O)c(=O)c2ccc(C(F)(F)F)cc12.CC1(O)CCCCC1. The Bertz CT molecular complexity index is 958. The predicted octanol–water partition coefficient (Wildman–Crippen LogP) is 3.73. The average Bonchev–Trinajstić information content (AvgIpc) is 2.62. The molecule has 1 amide bonds. The van der Waals surface area contributed by atoms with E-state index in [0.717, 1.165) is 35.7 Å². The number of benzene rings is 1. The molecular weight excluding hydrogens is 399 g/mol. The van der Waals surface area contributed by atoms with Crippen molar-refractivity contribution in [2.75, 3.05) is 0 Å². The number of hydrogen-bond acceptors (Lipinski definition) is 4. The molecule has 0 bridgehead atoms. The van der Waals surface area contributed by atoms with Crippen LogP contribution in [-0.4, -0.2) is 26.4 Å². The monoisotopic (exact) mass is 427 g/mol. The molecule has 0 saturated heterocycles. The van der Waals surface area contributed by atoms with Gasteiger partial charge in [-0.1, -0.05) is 33.1 Å². The summed E-state index contributed by atoms with van der Waals surface area (Å²) in [7, 11) is 0. The van der Waals surface area contributed by atoms with E-state index in [-0.39, 0.29) is 22.3 Å². The van der Waals surface area contributed by atoms with E-state index in [1.165, 1.54) is 19.3 Å². The minimum Gasteiger partial charge on any atom is -0.390 e. The van der Waals surface area contributed by atoms with Crippen LogP contribution in [0.4, 0.5) is 13.2 Å². The molecule has 0 radical (unpaired) electrons. The van der Waals surface area contributed by atoms with Gasteiger partial charge in [0, 0.05) is 5.39 Å². The van der Waals surface area contributed by atoms with Gasteiger partial charge in [-0.2, -0.15) is 18.3 Å². The number of fused-ring (bicyclic) bond motifs is 1. The zero-order valence-corrected chi connectivity index (χ0v) is 17.4. The molecule has 1 saturated carbocycles. The van der Waals surface area contributed by atoms with Gasteiger partial charge >= 0.3 is 6.18 Å². The molecule has 166 valence electrons. The van der Waals surface area contributed by atoms with Gasteiger partial charge in [0.15, 0.2) is 0 Å². The highest BCUT2D eigenvalue weighted by molar-refractivity contribution is 5.85. The zero-order valence-electron chi connectivity index (χ0n) is 17.4. The van der Waals surface area contributed by atoms with E-state index in [1.807, 2.05) is 6.92 Å². The highest BCUT2D eigenvalue weighted by atomic mass is 19.4. The van der Waals surface area contributed by atoms with E-state index < -0.39 is 29.8 Å². The summed E-state index contributed by atoms with van der Waals surface area (Å²) in [6, 6.07) is 2.85. The summed E-state index contributed by atoms with van der Waals surface area (Å²) in [5.74, 6) is -0.985. The molecule has 1 aromatic heterocycles. The predicted molar refractivity (Wildman–Crippen MR) is 108 cm³/mol. The number of primary amides is 1. The Labute approximate surface area is 172 Å². The molecular formula is C21H28F3N3O3.